The summed E-state index contributed by atoms with van der Waals surface area (Å²) in [7, 11) is 0. The molecule has 0 aliphatic rings. The molecule has 0 aliphatic heterocycles. The van der Waals surface area contributed by atoms with Gasteiger partial charge < -0.3 is 15.0 Å². The Kier molecular flexibility index (Phi) is 4.92. The highest BCUT2D eigenvalue weighted by Crippen LogP contribution is 2.13. The molecule has 1 aromatic carbocycles. The first-order valence-corrected chi connectivity index (χ1v) is 7.54. The molecule has 2 N–H and O–H groups in total. The summed E-state index contributed by atoms with van der Waals surface area (Å²) in [6, 6.07) is 7.40. The largest absolute Gasteiger partial charge is 0.494 e. The van der Waals surface area contributed by atoms with E-state index in [0.29, 0.717) is 18.1 Å². The summed E-state index contributed by atoms with van der Waals surface area (Å²) in [5.74, 6) is 0.740. The topological polar surface area (TPSA) is 57.2 Å². The highest BCUT2D eigenvalue weighted by molar-refractivity contribution is 7.80. The molecule has 0 atom stereocenters. The second-order valence-electron chi connectivity index (χ2n) is 4.39. The van der Waals surface area contributed by atoms with Crippen molar-refractivity contribution in [1.82, 2.24) is 4.57 Å². The summed E-state index contributed by atoms with van der Waals surface area (Å²) in [6.07, 6.45) is 0.773. The van der Waals surface area contributed by atoms with Crippen molar-refractivity contribution in [1.29, 1.82) is 0 Å². The molecule has 0 bridgehead atoms. The fourth-order valence-electron chi connectivity index (χ4n) is 1.83. The molecule has 20 heavy (non-hydrogen) atoms. The highest BCUT2D eigenvalue weighted by atomic mass is 32.1. The van der Waals surface area contributed by atoms with Crippen molar-refractivity contribution in [2.75, 3.05) is 6.61 Å². The number of thiocarbonyl (C=S) groups is 1. The number of hydrogen-bond donors (Lipinski definition) is 1. The molecule has 0 spiro atoms. The Balaban J connectivity index is 1.86. The third kappa shape index (κ3) is 3.68. The van der Waals surface area contributed by atoms with E-state index in [4.69, 9.17) is 22.7 Å². The minimum Gasteiger partial charge on any atom is -0.494 e. The van der Waals surface area contributed by atoms with E-state index >= 15 is 0 Å². The molecule has 0 saturated carbocycles. The SMILES string of the molecule is Cc1csc(=O)n1CCCOc1cccc(C(N)=S)c1. The average Bonchev–Trinajstić information content (AvgIpc) is 2.75. The molecular formula is C14H16N2O2S2. The maximum atomic E-state index is 11.5. The van der Waals surface area contributed by atoms with Gasteiger partial charge in [-0.25, -0.2) is 0 Å². The van der Waals surface area contributed by atoms with Crippen molar-refractivity contribution >= 4 is 28.5 Å². The van der Waals surface area contributed by atoms with Gasteiger partial charge in [0.05, 0.1) is 6.61 Å². The molecule has 1 aromatic heterocycles. The number of benzene rings is 1. The molecule has 2 rings (SSSR count). The van der Waals surface area contributed by atoms with Gasteiger partial charge in [0.1, 0.15) is 10.7 Å². The quantitative estimate of drug-likeness (QED) is 0.657. The summed E-state index contributed by atoms with van der Waals surface area (Å²) < 4.78 is 7.41. The molecular weight excluding hydrogens is 292 g/mol. The van der Waals surface area contributed by atoms with Crippen LogP contribution in [0.1, 0.15) is 17.7 Å². The van der Waals surface area contributed by atoms with Crippen molar-refractivity contribution in [3.63, 3.8) is 0 Å². The van der Waals surface area contributed by atoms with Crippen LogP contribution in [0.15, 0.2) is 34.4 Å². The normalized spacial score (nSPS) is 10.4. The van der Waals surface area contributed by atoms with Crippen molar-refractivity contribution in [2.45, 2.75) is 19.9 Å². The Labute approximate surface area is 126 Å². The van der Waals surface area contributed by atoms with Crippen LogP contribution in [0.5, 0.6) is 5.75 Å². The lowest BCUT2D eigenvalue weighted by molar-refractivity contribution is 0.301. The monoisotopic (exact) mass is 308 g/mol. The molecule has 0 saturated heterocycles. The number of hydrogen-bond acceptors (Lipinski definition) is 4. The fourth-order valence-corrected chi connectivity index (χ4v) is 2.71. The fraction of sp³-hybridized carbons (Fsp3) is 0.286. The maximum Gasteiger partial charge on any atom is 0.307 e. The zero-order valence-corrected chi connectivity index (χ0v) is 12.8. The molecule has 0 unspecified atom stereocenters. The molecule has 0 amide bonds. The second kappa shape index (κ2) is 6.67. The summed E-state index contributed by atoms with van der Waals surface area (Å²) in [5.41, 5.74) is 7.36. The minimum absolute atomic E-state index is 0.0815. The van der Waals surface area contributed by atoms with Gasteiger partial charge in [-0.2, -0.15) is 0 Å². The number of rotatable bonds is 6. The summed E-state index contributed by atoms with van der Waals surface area (Å²) in [6.45, 7) is 3.15. The third-order valence-electron chi connectivity index (χ3n) is 2.89. The number of nitrogens with two attached hydrogens (primary N) is 1. The first kappa shape index (κ1) is 14.7. The van der Waals surface area contributed by atoms with Gasteiger partial charge in [0.25, 0.3) is 0 Å². The Morgan fingerprint density at radius 2 is 2.30 bits per heavy atom. The lowest BCUT2D eigenvalue weighted by Gasteiger charge is -2.08. The molecule has 106 valence electrons. The van der Waals surface area contributed by atoms with Crippen molar-refractivity contribution in [2.24, 2.45) is 5.73 Å². The van der Waals surface area contributed by atoms with Crippen LogP contribution in [-0.4, -0.2) is 16.2 Å². The second-order valence-corrected chi connectivity index (χ2v) is 5.65. The molecule has 0 fully saturated rings. The lowest BCUT2D eigenvalue weighted by Crippen LogP contribution is -2.16. The zero-order valence-electron chi connectivity index (χ0n) is 11.2. The van der Waals surface area contributed by atoms with Crippen molar-refractivity contribution in [3.8, 4) is 5.75 Å². The van der Waals surface area contributed by atoms with Gasteiger partial charge in [0.2, 0.25) is 0 Å². The first-order chi connectivity index (χ1) is 9.58. The van der Waals surface area contributed by atoms with E-state index in [0.717, 1.165) is 23.4 Å². The van der Waals surface area contributed by atoms with Crippen LogP contribution in [0.3, 0.4) is 0 Å². The van der Waals surface area contributed by atoms with Crippen molar-refractivity contribution in [3.05, 3.63) is 50.6 Å². The molecule has 4 nitrogen and oxygen atoms in total. The number of thiazole rings is 1. The van der Waals surface area contributed by atoms with Gasteiger partial charge >= 0.3 is 4.87 Å². The molecule has 1 heterocycles. The first-order valence-electron chi connectivity index (χ1n) is 6.25. The standard InChI is InChI=1S/C14H16N2O2S2/c1-10-9-20-14(17)16(10)6-3-7-18-12-5-2-4-11(8-12)13(15)19/h2,4-5,8-9H,3,6-7H2,1H3,(H2,15,19). The molecule has 0 radical (unpaired) electrons. The van der Waals surface area contributed by atoms with Gasteiger partial charge in [-0.15, -0.1) is 0 Å². The summed E-state index contributed by atoms with van der Waals surface area (Å²) >= 11 is 6.15. The van der Waals surface area contributed by atoms with Crippen LogP contribution in [0.2, 0.25) is 0 Å². The van der Waals surface area contributed by atoms with Gasteiger partial charge in [-0.1, -0.05) is 35.7 Å². The smallest absolute Gasteiger partial charge is 0.307 e. The van der Waals surface area contributed by atoms with Gasteiger partial charge in [-0.05, 0) is 25.5 Å². The van der Waals surface area contributed by atoms with E-state index in [2.05, 4.69) is 0 Å². The van der Waals surface area contributed by atoms with Gasteiger partial charge in [-0.3, -0.25) is 4.79 Å². The predicted molar refractivity (Wildman–Crippen MR) is 85.8 cm³/mol. The van der Waals surface area contributed by atoms with Crippen LogP contribution in [0, 0.1) is 6.92 Å². The predicted octanol–water partition coefficient (Wildman–Crippen LogP) is 2.32. The molecule has 6 heteroatoms. The summed E-state index contributed by atoms with van der Waals surface area (Å²) in [4.78, 5) is 12.0. The van der Waals surface area contributed by atoms with E-state index in [9.17, 15) is 4.79 Å². The van der Waals surface area contributed by atoms with Crippen LogP contribution < -0.4 is 15.3 Å². The Morgan fingerprint density at radius 3 is 2.95 bits per heavy atom. The Hall–Kier alpha value is -1.66. The van der Waals surface area contributed by atoms with E-state index in [1.54, 1.807) is 4.57 Å². The lowest BCUT2D eigenvalue weighted by atomic mass is 10.2. The zero-order chi connectivity index (χ0) is 14.5. The number of aryl methyl sites for hydroxylation is 1. The number of ether oxygens (including phenoxy) is 1. The average molecular weight is 308 g/mol. The van der Waals surface area contributed by atoms with Gasteiger partial charge in [0, 0.05) is 23.2 Å². The molecule has 0 aliphatic carbocycles. The highest BCUT2D eigenvalue weighted by Gasteiger charge is 2.03. The Morgan fingerprint density at radius 1 is 1.50 bits per heavy atom. The van der Waals surface area contributed by atoms with Crippen molar-refractivity contribution < 1.29 is 4.74 Å². The van der Waals surface area contributed by atoms with Crippen LogP contribution in [0.25, 0.3) is 0 Å². The maximum absolute atomic E-state index is 11.5. The number of nitrogens with zero attached hydrogens (tertiary/aromatic N) is 1. The molecule has 2 aromatic rings. The van der Waals surface area contributed by atoms with E-state index in [1.165, 1.54) is 11.3 Å². The summed E-state index contributed by atoms with van der Waals surface area (Å²) in [5, 5.41) is 1.87. The van der Waals surface area contributed by atoms with E-state index < -0.39 is 0 Å². The third-order valence-corrected chi connectivity index (χ3v) is 4.01. The van der Waals surface area contributed by atoms with Crippen LogP contribution in [0.4, 0.5) is 0 Å². The van der Waals surface area contributed by atoms with E-state index in [1.807, 2.05) is 36.6 Å². The van der Waals surface area contributed by atoms with Crippen LogP contribution in [-0.2, 0) is 6.54 Å². The van der Waals surface area contributed by atoms with E-state index in [-0.39, 0.29) is 4.87 Å². The van der Waals surface area contributed by atoms with Gasteiger partial charge in [0.15, 0.2) is 0 Å². The van der Waals surface area contributed by atoms with Crippen LogP contribution >= 0.6 is 23.6 Å². The minimum atomic E-state index is 0.0815. The number of aromatic nitrogens is 1. The Bertz CT molecular complexity index is 661.